The highest BCUT2D eigenvalue weighted by atomic mass is 32.2. The summed E-state index contributed by atoms with van der Waals surface area (Å²) in [5.41, 5.74) is 1.05. The van der Waals surface area contributed by atoms with Crippen LogP contribution in [-0.2, 0) is 10.0 Å². The van der Waals surface area contributed by atoms with Crippen molar-refractivity contribution in [1.82, 2.24) is 4.90 Å². The number of benzene rings is 1. The van der Waals surface area contributed by atoms with E-state index in [1.165, 1.54) is 17.0 Å². The molecule has 1 heterocycles. The number of likely N-dealkylation sites (tertiary alicyclic amines) is 1. The molecule has 0 aromatic heterocycles. The fourth-order valence-corrected chi connectivity index (χ4v) is 3.24. The van der Waals surface area contributed by atoms with Gasteiger partial charge in [0.2, 0.25) is 10.0 Å². The molecule has 0 radical (unpaired) electrons. The van der Waals surface area contributed by atoms with Crippen LogP contribution in [-0.4, -0.2) is 42.7 Å². The lowest BCUT2D eigenvalue weighted by Crippen LogP contribution is -2.47. The van der Waals surface area contributed by atoms with Crippen LogP contribution in [0.3, 0.4) is 0 Å². The maximum Gasteiger partial charge on any atom is 0.253 e. The molecule has 1 aliphatic heterocycles. The number of hydrogen-bond donors (Lipinski definition) is 2. The highest BCUT2D eigenvalue weighted by Crippen LogP contribution is 2.21. The number of piperidine rings is 1. The second-order valence-electron chi connectivity index (χ2n) is 5.11. The molecule has 1 atom stereocenters. The van der Waals surface area contributed by atoms with Gasteiger partial charge in [0.25, 0.3) is 5.91 Å². The average Bonchev–Trinajstić information content (AvgIpc) is 2.40. The molecule has 1 fully saturated rings. The Labute approximate surface area is 118 Å². The number of hydrogen-bond acceptors (Lipinski definition) is 4. The molecule has 0 bridgehead atoms. The van der Waals surface area contributed by atoms with E-state index >= 15 is 0 Å². The van der Waals surface area contributed by atoms with Gasteiger partial charge in [-0.15, -0.1) is 0 Å². The maximum absolute atomic E-state index is 12.3. The molecule has 20 heavy (non-hydrogen) atoms. The third kappa shape index (κ3) is 3.10. The predicted octanol–water partition coefficient (Wildman–Crippen LogP) is 0.594. The van der Waals surface area contributed by atoms with Gasteiger partial charge >= 0.3 is 0 Å². The number of rotatable bonds is 2. The first-order chi connectivity index (χ1) is 9.29. The van der Waals surface area contributed by atoms with Crippen molar-refractivity contribution >= 4 is 15.9 Å². The molecular formula is C13H18N2O4S. The summed E-state index contributed by atoms with van der Waals surface area (Å²) in [6, 6.07) is 4.59. The predicted molar refractivity (Wildman–Crippen MR) is 74.9 cm³/mol. The number of carbonyl (C=O) groups is 1. The van der Waals surface area contributed by atoms with Crippen LogP contribution in [0.2, 0.25) is 0 Å². The summed E-state index contributed by atoms with van der Waals surface area (Å²) in [5, 5.41) is 13.9. The molecule has 1 aromatic carbocycles. The lowest BCUT2D eigenvalue weighted by atomic mass is 10.1. The molecule has 0 aliphatic carbocycles. The molecule has 7 heteroatoms. The van der Waals surface area contributed by atoms with Crippen LogP contribution in [0.5, 0.6) is 5.75 Å². The van der Waals surface area contributed by atoms with Gasteiger partial charge in [-0.25, -0.2) is 13.6 Å². The summed E-state index contributed by atoms with van der Waals surface area (Å²) in [6.07, 6.45) is 1.10. The SMILES string of the molecule is Cc1cc(C(=O)N2CCCC(S(N)(=O)=O)C2)ccc1O. The van der Waals surface area contributed by atoms with Crippen molar-refractivity contribution in [3.05, 3.63) is 29.3 Å². The zero-order chi connectivity index (χ0) is 14.9. The Balaban J connectivity index is 2.18. The lowest BCUT2D eigenvalue weighted by Gasteiger charge is -2.31. The molecule has 1 aromatic rings. The van der Waals surface area contributed by atoms with Crippen LogP contribution >= 0.6 is 0 Å². The maximum atomic E-state index is 12.3. The topological polar surface area (TPSA) is 101 Å². The Bertz CT molecular complexity index is 627. The smallest absolute Gasteiger partial charge is 0.253 e. The quantitative estimate of drug-likeness (QED) is 0.834. The molecule has 6 nitrogen and oxygen atoms in total. The van der Waals surface area contributed by atoms with Crippen molar-refractivity contribution in [1.29, 1.82) is 0 Å². The number of sulfonamides is 1. The van der Waals surface area contributed by atoms with Crippen molar-refractivity contribution < 1.29 is 18.3 Å². The minimum atomic E-state index is -3.62. The number of amides is 1. The Morgan fingerprint density at radius 2 is 2.15 bits per heavy atom. The first kappa shape index (κ1) is 14.8. The van der Waals surface area contributed by atoms with Crippen LogP contribution in [0, 0.1) is 6.92 Å². The summed E-state index contributed by atoms with van der Waals surface area (Å²) in [4.78, 5) is 13.8. The molecular weight excluding hydrogens is 280 g/mol. The molecule has 1 aliphatic rings. The first-order valence-electron chi connectivity index (χ1n) is 6.39. The molecule has 110 valence electrons. The normalized spacial score (nSPS) is 19.9. The van der Waals surface area contributed by atoms with Crippen molar-refractivity contribution in [2.24, 2.45) is 5.14 Å². The summed E-state index contributed by atoms with van der Waals surface area (Å²) in [6.45, 7) is 2.35. The molecule has 1 saturated heterocycles. The third-order valence-electron chi connectivity index (χ3n) is 3.57. The lowest BCUT2D eigenvalue weighted by molar-refractivity contribution is 0.0727. The van der Waals surface area contributed by atoms with Crippen LogP contribution in [0.25, 0.3) is 0 Å². The Morgan fingerprint density at radius 3 is 2.75 bits per heavy atom. The van der Waals surface area contributed by atoms with Crippen molar-refractivity contribution in [3.63, 3.8) is 0 Å². The van der Waals surface area contributed by atoms with Crippen LogP contribution in [0.15, 0.2) is 18.2 Å². The van der Waals surface area contributed by atoms with Gasteiger partial charge in [0.15, 0.2) is 0 Å². The van der Waals surface area contributed by atoms with Crippen LogP contribution in [0.1, 0.15) is 28.8 Å². The Hall–Kier alpha value is -1.60. The number of phenolic OH excluding ortho intramolecular Hbond substituents is 1. The van der Waals surface area contributed by atoms with Crippen molar-refractivity contribution in [3.8, 4) is 5.75 Å². The van der Waals surface area contributed by atoms with E-state index in [-0.39, 0.29) is 18.2 Å². The van der Waals surface area contributed by atoms with Gasteiger partial charge in [0.05, 0.1) is 5.25 Å². The molecule has 1 unspecified atom stereocenters. The van der Waals surface area contributed by atoms with E-state index in [1.807, 2.05) is 0 Å². The minimum absolute atomic E-state index is 0.123. The molecule has 0 saturated carbocycles. The largest absolute Gasteiger partial charge is 0.508 e. The zero-order valence-corrected chi connectivity index (χ0v) is 12.1. The molecule has 1 amide bonds. The summed E-state index contributed by atoms with van der Waals surface area (Å²) < 4.78 is 22.8. The second kappa shape index (κ2) is 5.41. The van der Waals surface area contributed by atoms with Gasteiger partial charge in [0.1, 0.15) is 5.75 Å². The minimum Gasteiger partial charge on any atom is -0.508 e. The molecule has 3 N–H and O–H groups in total. The number of carbonyl (C=O) groups excluding carboxylic acids is 1. The summed E-state index contributed by atoms with van der Waals surface area (Å²) in [7, 11) is -3.62. The standard InChI is InChI=1S/C13H18N2O4S/c1-9-7-10(4-5-12(9)16)13(17)15-6-2-3-11(8-15)20(14,18)19/h4-5,7,11,16H,2-3,6,8H2,1H3,(H2,14,18,19). The van der Waals surface area contributed by atoms with E-state index in [4.69, 9.17) is 5.14 Å². The first-order valence-corrected chi connectivity index (χ1v) is 8.00. The van der Waals surface area contributed by atoms with E-state index in [0.717, 1.165) is 0 Å². The van der Waals surface area contributed by atoms with Gasteiger partial charge in [0, 0.05) is 18.7 Å². The van der Waals surface area contributed by atoms with E-state index in [0.29, 0.717) is 30.5 Å². The second-order valence-corrected chi connectivity index (χ2v) is 6.95. The van der Waals surface area contributed by atoms with Gasteiger partial charge < -0.3 is 10.0 Å². The summed E-state index contributed by atoms with van der Waals surface area (Å²) >= 11 is 0. The number of phenols is 1. The van der Waals surface area contributed by atoms with Crippen molar-refractivity contribution in [2.45, 2.75) is 25.0 Å². The van der Waals surface area contributed by atoms with Gasteiger partial charge in [-0.1, -0.05) is 0 Å². The fourth-order valence-electron chi connectivity index (χ4n) is 2.36. The number of nitrogens with zero attached hydrogens (tertiary/aromatic N) is 1. The van der Waals surface area contributed by atoms with E-state index in [2.05, 4.69) is 0 Å². The number of aromatic hydroxyl groups is 1. The zero-order valence-electron chi connectivity index (χ0n) is 11.2. The van der Waals surface area contributed by atoms with Crippen LogP contribution in [0.4, 0.5) is 0 Å². The van der Waals surface area contributed by atoms with Gasteiger partial charge in [-0.05, 0) is 43.5 Å². The Morgan fingerprint density at radius 1 is 1.45 bits per heavy atom. The number of nitrogens with two attached hydrogens (primary N) is 1. The van der Waals surface area contributed by atoms with E-state index < -0.39 is 15.3 Å². The van der Waals surface area contributed by atoms with E-state index in [1.54, 1.807) is 13.0 Å². The molecule has 0 spiro atoms. The van der Waals surface area contributed by atoms with Crippen molar-refractivity contribution in [2.75, 3.05) is 13.1 Å². The average molecular weight is 298 g/mol. The third-order valence-corrected chi connectivity index (χ3v) is 4.89. The number of aryl methyl sites for hydroxylation is 1. The fraction of sp³-hybridized carbons (Fsp3) is 0.462. The number of primary sulfonamides is 1. The van der Waals surface area contributed by atoms with Gasteiger partial charge in [-0.3, -0.25) is 4.79 Å². The molecule has 2 rings (SSSR count). The monoisotopic (exact) mass is 298 g/mol. The van der Waals surface area contributed by atoms with Gasteiger partial charge in [-0.2, -0.15) is 0 Å². The Kier molecular flexibility index (Phi) is 4.01. The summed E-state index contributed by atoms with van der Waals surface area (Å²) in [5.74, 6) is -0.107. The van der Waals surface area contributed by atoms with E-state index in [9.17, 15) is 18.3 Å². The highest BCUT2D eigenvalue weighted by molar-refractivity contribution is 7.89. The van der Waals surface area contributed by atoms with Crippen LogP contribution < -0.4 is 5.14 Å². The highest BCUT2D eigenvalue weighted by Gasteiger charge is 2.30.